The van der Waals surface area contributed by atoms with E-state index in [0.29, 0.717) is 17.7 Å². The molecule has 1 fully saturated rings. The zero-order valence-corrected chi connectivity index (χ0v) is 28.7. The molecule has 0 spiro atoms. The van der Waals surface area contributed by atoms with Gasteiger partial charge in [0.05, 0.1) is 16.5 Å². The van der Waals surface area contributed by atoms with Gasteiger partial charge in [0.1, 0.15) is 0 Å². The Hall–Kier alpha value is -3.55. The third-order valence-corrected chi connectivity index (χ3v) is 10.1. The van der Waals surface area contributed by atoms with Crippen LogP contribution < -0.4 is 11.1 Å². The Balaban J connectivity index is 1.02. The third kappa shape index (κ3) is 9.29. The number of rotatable bonds is 21. The fraction of sp³-hybridized carbons (Fsp3) is 0.525. The van der Waals surface area contributed by atoms with Crippen molar-refractivity contribution in [3.63, 3.8) is 0 Å². The van der Waals surface area contributed by atoms with Crippen molar-refractivity contribution in [3.8, 4) is 0 Å². The lowest BCUT2D eigenvalue weighted by Crippen LogP contribution is -2.49. The largest absolute Gasteiger partial charge is 0.369 e. The Labute approximate surface area is 282 Å². The number of carbonyl (C=O) groups is 3. The Morgan fingerprint density at radius 2 is 1.40 bits per heavy atom. The average molecular weight is 641 g/mol. The van der Waals surface area contributed by atoms with E-state index in [4.69, 9.17) is 5.73 Å². The molecule has 7 heteroatoms. The van der Waals surface area contributed by atoms with Gasteiger partial charge in [-0.25, -0.2) is 0 Å². The molecule has 1 saturated heterocycles. The van der Waals surface area contributed by atoms with Gasteiger partial charge in [0.2, 0.25) is 5.91 Å². The highest BCUT2D eigenvalue weighted by molar-refractivity contribution is 6.21. The molecular weight excluding hydrogens is 584 g/mol. The van der Waals surface area contributed by atoms with E-state index in [-0.39, 0.29) is 23.6 Å². The summed E-state index contributed by atoms with van der Waals surface area (Å²) in [5, 5.41) is 3.46. The fourth-order valence-electron chi connectivity index (χ4n) is 7.54. The Morgan fingerprint density at radius 3 is 2.02 bits per heavy atom. The Kier molecular flexibility index (Phi) is 14.4. The van der Waals surface area contributed by atoms with E-state index in [9.17, 15) is 14.4 Å². The molecule has 47 heavy (non-hydrogen) atoms. The number of benzene rings is 2. The summed E-state index contributed by atoms with van der Waals surface area (Å²) in [6, 6.07) is 17.2. The number of likely N-dealkylation sites (tertiary alicyclic amines) is 1. The lowest BCUT2D eigenvalue weighted by molar-refractivity contribution is -0.124. The number of fused-ring (bicyclic) bond motifs is 1. The van der Waals surface area contributed by atoms with Crippen molar-refractivity contribution < 1.29 is 14.4 Å². The number of amides is 3. The smallest absolute Gasteiger partial charge is 0.261 e. The van der Waals surface area contributed by atoms with E-state index in [0.717, 1.165) is 63.1 Å². The number of carbonyl (C=O) groups excluding carboxylic acids is 3. The molecule has 0 aliphatic carbocycles. The van der Waals surface area contributed by atoms with Gasteiger partial charge in [0, 0.05) is 13.1 Å². The summed E-state index contributed by atoms with van der Waals surface area (Å²) < 4.78 is 0. The summed E-state index contributed by atoms with van der Waals surface area (Å²) in [4.78, 5) is 42.0. The number of primary amides is 1. The van der Waals surface area contributed by atoms with Crippen LogP contribution in [0.25, 0.3) is 0 Å². The van der Waals surface area contributed by atoms with Crippen molar-refractivity contribution in [2.75, 3.05) is 39.3 Å². The topological polar surface area (TPSA) is 95.7 Å². The van der Waals surface area contributed by atoms with E-state index in [1.54, 1.807) is 24.3 Å². The van der Waals surface area contributed by atoms with Crippen LogP contribution in [0.5, 0.6) is 0 Å². The van der Waals surface area contributed by atoms with Gasteiger partial charge in [0.15, 0.2) is 0 Å². The Morgan fingerprint density at radius 1 is 0.830 bits per heavy atom. The minimum absolute atomic E-state index is 0.165. The van der Waals surface area contributed by atoms with E-state index in [1.807, 2.05) is 37.3 Å². The first kappa shape index (κ1) is 36.3. The van der Waals surface area contributed by atoms with Crippen LogP contribution in [0.3, 0.4) is 0 Å². The zero-order chi connectivity index (χ0) is 33.5. The van der Waals surface area contributed by atoms with Crippen molar-refractivity contribution in [1.82, 2.24) is 15.1 Å². The molecule has 2 aromatic rings. The van der Waals surface area contributed by atoms with Crippen LogP contribution in [-0.4, -0.2) is 66.8 Å². The van der Waals surface area contributed by atoms with Gasteiger partial charge in [-0.1, -0.05) is 111 Å². The molecule has 0 aromatic heterocycles. The van der Waals surface area contributed by atoms with E-state index >= 15 is 0 Å². The van der Waals surface area contributed by atoms with Crippen LogP contribution in [0.4, 0.5) is 0 Å². The van der Waals surface area contributed by atoms with Gasteiger partial charge < -0.3 is 16.0 Å². The van der Waals surface area contributed by atoms with Crippen molar-refractivity contribution >= 4 is 17.7 Å². The third-order valence-electron chi connectivity index (χ3n) is 10.1. The second-order valence-electron chi connectivity index (χ2n) is 13.3. The van der Waals surface area contributed by atoms with Crippen LogP contribution in [0, 0.1) is 5.92 Å². The number of unbranched alkanes of at least 4 members (excludes halogenated alkanes) is 8. The number of nitrogens with zero attached hydrogens (tertiary/aromatic N) is 2. The van der Waals surface area contributed by atoms with E-state index < -0.39 is 5.41 Å². The molecule has 254 valence electrons. The van der Waals surface area contributed by atoms with E-state index in [1.165, 1.54) is 56.3 Å². The molecule has 2 aromatic carbocycles. The van der Waals surface area contributed by atoms with Crippen LogP contribution in [0.1, 0.15) is 111 Å². The number of allylic oxidation sites excluding steroid dienone is 3. The molecule has 0 saturated carbocycles. The summed E-state index contributed by atoms with van der Waals surface area (Å²) in [6.07, 6.45) is 19.1. The van der Waals surface area contributed by atoms with Gasteiger partial charge in [-0.05, 0) is 89.3 Å². The number of nitrogens with two attached hydrogens (primary N) is 1. The molecule has 0 bridgehead atoms. The van der Waals surface area contributed by atoms with Crippen LogP contribution in [0.2, 0.25) is 0 Å². The highest BCUT2D eigenvalue weighted by atomic mass is 16.2. The average Bonchev–Trinajstić information content (AvgIpc) is 3.65. The normalized spacial score (nSPS) is 18.3. The maximum Gasteiger partial charge on any atom is 0.261 e. The van der Waals surface area contributed by atoms with Crippen LogP contribution >= 0.6 is 0 Å². The molecule has 2 unspecified atom stereocenters. The first-order chi connectivity index (χ1) is 22.9. The SMILES string of the molecule is C/C=C\C=C(/C)C(C(N)=O)(c1ccccc1)C1CCN(CCCCCCCCCCCNCCCN2C(=O)c3ccccc3C2=O)C1. The lowest BCUT2D eigenvalue weighted by Gasteiger charge is -2.38. The van der Waals surface area contributed by atoms with Gasteiger partial charge in [-0.15, -0.1) is 0 Å². The molecule has 3 N–H and O–H groups in total. The minimum Gasteiger partial charge on any atom is -0.369 e. The van der Waals surface area contributed by atoms with Crippen molar-refractivity contribution in [3.05, 3.63) is 95.1 Å². The Bertz CT molecular complexity index is 1340. The van der Waals surface area contributed by atoms with Crippen molar-refractivity contribution in [1.29, 1.82) is 0 Å². The highest BCUT2D eigenvalue weighted by Crippen LogP contribution is 2.43. The molecule has 2 heterocycles. The maximum absolute atomic E-state index is 13.2. The molecular formula is C40H56N4O3. The quantitative estimate of drug-likeness (QED) is 0.0867. The standard InChI is InChI=1S/C40H56N4O3/c1-3-4-20-32(2)40(39(41)47,33-21-13-12-14-22-33)34-25-30-43(31-34)28-18-11-9-7-5-6-8-10-17-26-42-27-19-29-44-37(45)35-23-15-16-24-36(35)38(44)46/h3-4,12-16,20-24,34,42H,5-11,17-19,25-31H2,1-2H3,(H2,41,47)/b4-3-,32-20+. The van der Waals surface area contributed by atoms with Gasteiger partial charge >= 0.3 is 0 Å². The zero-order valence-electron chi connectivity index (χ0n) is 28.7. The van der Waals surface area contributed by atoms with Crippen molar-refractivity contribution in [2.24, 2.45) is 11.7 Å². The number of hydrogen-bond donors (Lipinski definition) is 2. The van der Waals surface area contributed by atoms with Gasteiger partial charge in [-0.2, -0.15) is 0 Å². The van der Waals surface area contributed by atoms with E-state index in [2.05, 4.69) is 35.3 Å². The maximum atomic E-state index is 13.2. The predicted octanol–water partition coefficient (Wildman–Crippen LogP) is 7.04. The summed E-state index contributed by atoms with van der Waals surface area (Å²) in [5.41, 5.74) is 8.53. The summed E-state index contributed by atoms with van der Waals surface area (Å²) >= 11 is 0. The lowest BCUT2D eigenvalue weighted by atomic mass is 9.64. The van der Waals surface area contributed by atoms with Crippen LogP contribution in [0.15, 0.2) is 78.4 Å². The molecule has 7 nitrogen and oxygen atoms in total. The highest BCUT2D eigenvalue weighted by Gasteiger charge is 2.49. The molecule has 0 radical (unpaired) electrons. The molecule has 3 amide bonds. The number of imide groups is 1. The molecule has 2 aliphatic rings. The first-order valence-electron chi connectivity index (χ1n) is 17.9. The predicted molar refractivity (Wildman–Crippen MR) is 191 cm³/mol. The summed E-state index contributed by atoms with van der Waals surface area (Å²) in [5.74, 6) is -0.408. The van der Waals surface area contributed by atoms with Gasteiger partial charge in [-0.3, -0.25) is 19.3 Å². The fourth-order valence-corrected chi connectivity index (χ4v) is 7.54. The second-order valence-corrected chi connectivity index (χ2v) is 13.3. The molecule has 2 atom stereocenters. The minimum atomic E-state index is -0.782. The first-order valence-corrected chi connectivity index (χ1v) is 17.9. The molecule has 4 rings (SSSR count). The molecule has 2 aliphatic heterocycles. The number of hydrogen-bond acceptors (Lipinski definition) is 5. The number of nitrogens with one attached hydrogen (secondary N) is 1. The monoisotopic (exact) mass is 640 g/mol. The van der Waals surface area contributed by atoms with Crippen molar-refractivity contribution in [2.45, 2.75) is 89.9 Å². The summed E-state index contributed by atoms with van der Waals surface area (Å²) in [6.45, 7) is 9.33. The van der Waals surface area contributed by atoms with Crippen LogP contribution in [-0.2, 0) is 10.2 Å². The second kappa shape index (κ2) is 18.7. The van der Waals surface area contributed by atoms with Gasteiger partial charge in [0.25, 0.3) is 11.8 Å². The summed E-state index contributed by atoms with van der Waals surface area (Å²) in [7, 11) is 0.